The van der Waals surface area contributed by atoms with E-state index in [1.807, 2.05) is 52.0 Å². The second-order valence-corrected chi connectivity index (χ2v) is 18.1. The van der Waals surface area contributed by atoms with Crippen molar-refractivity contribution in [3.05, 3.63) is 167 Å². The van der Waals surface area contributed by atoms with Crippen LogP contribution >= 0.6 is 0 Å². The van der Waals surface area contributed by atoms with Gasteiger partial charge in [0.15, 0.2) is 0 Å². The molecule has 1 heterocycles. The number of fused-ring (bicyclic) bond motifs is 3. The van der Waals surface area contributed by atoms with Crippen molar-refractivity contribution in [2.45, 2.75) is 105 Å². The molecule has 0 spiro atoms. The topological polar surface area (TPSA) is 8.17 Å². The van der Waals surface area contributed by atoms with Gasteiger partial charge in [-0.2, -0.15) is 26.3 Å². The van der Waals surface area contributed by atoms with Gasteiger partial charge in [-0.1, -0.05) is 117 Å². The lowest BCUT2D eigenvalue weighted by atomic mass is 9.85. The zero-order valence-electron chi connectivity index (χ0n) is 37.4. The fourth-order valence-corrected chi connectivity index (χ4v) is 8.29. The summed E-state index contributed by atoms with van der Waals surface area (Å²) in [6.45, 7) is 29.5. The fourth-order valence-electron chi connectivity index (χ4n) is 8.29. The standard InChI is InChI=1S/C54H56F6N2/c1-13-15-19-33(3)61(34(4)20-16-14-2)50-47(37-21-17-23-41(29-37)53(55,56)57)35(5)49(36(6)48(50)38-22-18-24-42(30-38)54(58,59)60)62-45-27-25-39(51(7,8)9)31-43(45)44-32-40(52(10,11)12)26-28-46(44)62/h15-32H,3-4,13-14H2,1-2,5-12H3/b19-15-,20-16-. The van der Waals surface area contributed by atoms with E-state index in [1.165, 1.54) is 12.1 Å². The molecule has 5 aromatic carbocycles. The second-order valence-electron chi connectivity index (χ2n) is 18.1. The van der Waals surface area contributed by atoms with Gasteiger partial charge < -0.3 is 9.47 Å². The molecule has 0 amide bonds. The van der Waals surface area contributed by atoms with Crippen molar-refractivity contribution in [1.29, 1.82) is 0 Å². The van der Waals surface area contributed by atoms with E-state index in [1.54, 1.807) is 17.0 Å². The van der Waals surface area contributed by atoms with Crippen LogP contribution in [0, 0.1) is 13.8 Å². The van der Waals surface area contributed by atoms with Crippen LogP contribution in [0.4, 0.5) is 32.0 Å². The number of halogens is 6. The average molecular weight is 847 g/mol. The van der Waals surface area contributed by atoms with Gasteiger partial charge in [0.05, 0.1) is 33.5 Å². The van der Waals surface area contributed by atoms with Crippen molar-refractivity contribution in [3.63, 3.8) is 0 Å². The third-order valence-electron chi connectivity index (χ3n) is 11.5. The van der Waals surface area contributed by atoms with E-state index in [0.717, 1.165) is 57.2 Å². The number of aromatic nitrogens is 1. The number of benzene rings is 5. The minimum Gasteiger partial charge on any atom is -0.310 e. The van der Waals surface area contributed by atoms with Crippen LogP contribution in [0.2, 0.25) is 0 Å². The van der Waals surface area contributed by atoms with Gasteiger partial charge in [0, 0.05) is 33.3 Å². The molecular formula is C54H56F6N2. The van der Waals surface area contributed by atoms with Crippen LogP contribution in [0.5, 0.6) is 0 Å². The van der Waals surface area contributed by atoms with Gasteiger partial charge in [0.1, 0.15) is 0 Å². The Hall–Kier alpha value is -5.76. The van der Waals surface area contributed by atoms with Crippen LogP contribution in [-0.2, 0) is 23.2 Å². The van der Waals surface area contributed by atoms with E-state index < -0.39 is 23.5 Å². The summed E-state index contributed by atoms with van der Waals surface area (Å²) in [7, 11) is 0. The quantitative estimate of drug-likeness (QED) is 0.0985. The highest BCUT2D eigenvalue weighted by Gasteiger charge is 2.35. The fraction of sp³-hybridized carbons (Fsp3) is 0.296. The van der Waals surface area contributed by atoms with Crippen LogP contribution < -0.4 is 4.90 Å². The van der Waals surface area contributed by atoms with Gasteiger partial charge >= 0.3 is 12.4 Å². The first kappa shape index (κ1) is 45.8. The molecule has 0 aliphatic carbocycles. The highest BCUT2D eigenvalue weighted by atomic mass is 19.4. The van der Waals surface area contributed by atoms with E-state index in [0.29, 0.717) is 57.9 Å². The summed E-state index contributed by atoms with van der Waals surface area (Å²) in [6.07, 6.45) is -0.611. The second kappa shape index (κ2) is 16.8. The lowest BCUT2D eigenvalue weighted by Gasteiger charge is -2.34. The maximum Gasteiger partial charge on any atom is 0.416 e. The number of hydrogen-bond donors (Lipinski definition) is 0. The molecule has 0 aliphatic heterocycles. The molecule has 0 saturated carbocycles. The van der Waals surface area contributed by atoms with Crippen LogP contribution in [0.25, 0.3) is 49.7 Å². The SMILES string of the molecule is C=C(/C=C\CC)N(C(=C)/C=C\CC)c1c(-c2cccc(C(F)(F)F)c2)c(C)c(-n2c3ccc(C(C)(C)C)cc3c3cc(C(C)(C)C)ccc32)c(C)c1-c1cccc(C(F)(F)F)c1. The van der Waals surface area contributed by atoms with E-state index in [2.05, 4.69) is 95.7 Å². The molecule has 62 heavy (non-hydrogen) atoms. The minimum atomic E-state index is -4.68. The number of anilines is 1. The molecule has 0 saturated heterocycles. The van der Waals surface area contributed by atoms with Crippen LogP contribution in [0.15, 0.2) is 134 Å². The summed E-state index contributed by atoms with van der Waals surface area (Å²) < 4.78 is 90.1. The van der Waals surface area contributed by atoms with Crippen molar-refractivity contribution in [2.24, 2.45) is 0 Å². The zero-order valence-corrected chi connectivity index (χ0v) is 37.4. The third kappa shape index (κ3) is 8.79. The van der Waals surface area contributed by atoms with Crippen LogP contribution in [0.1, 0.15) is 102 Å². The van der Waals surface area contributed by atoms with Crippen LogP contribution in [-0.4, -0.2) is 4.57 Å². The smallest absolute Gasteiger partial charge is 0.310 e. The summed E-state index contributed by atoms with van der Waals surface area (Å²) in [6, 6.07) is 23.0. The predicted octanol–water partition coefficient (Wildman–Crippen LogP) is 17.1. The number of allylic oxidation sites excluding steroid dienone is 4. The number of nitrogens with zero attached hydrogens (tertiary/aromatic N) is 2. The Kier molecular flexibility index (Phi) is 12.4. The van der Waals surface area contributed by atoms with Gasteiger partial charge in [0.25, 0.3) is 0 Å². The molecule has 0 atom stereocenters. The van der Waals surface area contributed by atoms with Gasteiger partial charge in [-0.3, -0.25) is 0 Å². The van der Waals surface area contributed by atoms with Crippen molar-refractivity contribution in [3.8, 4) is 27.9 Å². The first-order valence-corrected chi connectivity index (χ1v) is 21.0. The largest absolute Gasteiger partial charge is 0.416 e. The minimum absolute atomic E-state index is 0.183. The van der Waals surface area contributed by atoms with Gasteiger partial charge in [-0.05, 0) is 132 Å². The Morgan fingerprint density at radius 2 is 0.952 bits per heavy atom. The molecule has 0 fully saturated rings. The van der Waals surface area contributed by atoms with Gasteiger partial charge in [-0.15, -0.1) is 0 Å². The van der Waals surface area contributed by atoms with E-state index in [9.17, 15) is 26.3 Å². The Balaban J connectivity index is 1.94. The first-order valence-electron chi connectivity index (χ1n) is 21.0. The molecule has 6 aromatic rings. The van der Waals surface area contributed by atoms with Crippen molar-refractivity contribution < 1.29 is 26.3 Å². The normalized spacial score (nSPS) is 13.0. The van der Waals surface area contributed by atoms with Gasteiger partial charge in [0.2, 0.25) is 0 Å². The molecule has 0 radical (unpaired) electrons. The predicted molar refractivity (Wildman–Crippen MR) is 248 cm³/mol. The molecule has 0 aliphatic rings. The monoisotopic (exact) mass is 846 g/mol. The number of rotatable bonds is 10. The maximum absolute atomic E-state index is 14.7. The number of hydrogen-bond acceptors (Lipinski definition) is 1. The molecule has 0 bridgehead atoms. The van der Waals surface area contributed by atoms with E-state index in [4.69, 9.17) is 0 Å². The third-order valence-corrected chi connectivity index (χ3v) is 11.5. The lowest BCUT2D eigenvalue weighted by molar-refractivity contribution is -0.138. The summed E-state index contributed by atoms with van der Waals surface area (Å²) in [5.41, 5.74) is 6.26. The maximum atomic E-state index is 14.7. The van der Waals surface area contributed by atoms with E-state index in [-0.39, 0.29) is 22.0 Å². The molecule has 324 valence electrons. The lowest BCUT2D eigenvalue weighted by Crippen LogP contribution is -2.22. The molecule has 6 rings (SSSR count). The van der Waals surface area contributed by atoms with Gasteiger partial charge in [-0.25, -0.2) is 0 Å². The van der Waals surface area contributed by atoms with E-state index >= 15 is 0 Å². The van der Waals surface area contributed by atoms with Crippen molar-refractivity contribution in [1.82, 2.24) is 4.57 Å². The summed E-state index contributed by atoms with van der Waals surface area (Å²) in [5, 5.41) is 1.97. The highest BCUT2D eigenvalue weighted by molar-refractivity contribution is 6.11. The molecule has 0 N–H and O–H groups in total. The molecule has 0 unspecified atom stereocenters. The summed E-state index contributed by atoms with van der Waals surface area (Å²) >= 11 is 0. The Labute approximate surface area is 362 Å². The first-order chi connectivity index (χ1) is 28.9. The van der Waals surface area contributed by atoms with Crippen LogP contribution in [0.3, 0.4) is 0 Å². The van der Waals surface area contributed by atoms with Crippen molar-refractivity contribution in [2.75, 3.05) is 4.90 Å². The molecule has 2 nitrogen and oxygen atoms in total. The Morgan fingerprint density at radius 3 is 1.29 bits per heavy atom. The highest BCUT2D eigenvalue weighted by Crippen LogP contribution is 2.52. The number of alkyl halides is 6. The molecular weight excluding hydrogens is 791 g/mol. The average Bonchev–Trinajstić information content (AvgIpc) is 3.51. The Morgan fingerprint density at radius 1 is 0.565 bits per heavy atom. The zero-order chi connectivity index (χ0) is 45.7. The van der Waals surface area contributed by atoms with Crippen molar-refractivity contribution >= 4 is 27.5 Å². The molecule has 1 aromatic heterocycles. The summed E-state index contributed by atoms with van der Waals surface area (Å²) in [5.74, 6) is 0. The molecule has 8 heteroatoms. The Bertz CT molecular complexity index is 2580. The summed E-state index contributed by atoms with van der Waals surface area (Å²) in [4.78, 5) is 1.77.